The summed E-state index contributed by atoms with van der Waals surface area (Å²) in [6, 6.07) is 0. The van der Waals surface area contributed by atoms with Crippen LogP contribution in [-0.4, -0.2) is 22.2 Å². The number of rotatable bonds is 0. The smallest absolute Gasteiger partial charge is 0.870 e. The van der Waals surface area contributed by atoms with Gasteiger partial charge in [0, 0.05) is 0 Å². The van der Waals surface area contributed by atoms with Crippen LogP contribution in [0.15, 0.2) is 0 Å². The maximum absolute atomic E-state index is 8.55. The summed E-state index contributed by atoms with van der Waals surface area (Å²) < 4.78 is 8.55. The van der Waals surface area contributed by atoms with Gasteiger partial charge in [-0.05, 0) is 0 Å². The molecule has 0 bridgehead atoms. The topological polar surface area (TPSA) is 207 Å². The van der Waals surface area contributed by atoms with Gasteiger partial charge in [-0.1, -0.05) is 0 Å². The second kappa shape index (κ2) is 43.1. The second-order valence-corrected chi connectivity index (χ2v) is 1.61. The van der Waals surface area contributed by atoms with Crippen molar-refractivity contribution in [1.29, 1.82) is 0 Å². The van der Waals surface area contributed by atoms with Crippen LogP contribution in [0, 0.1) is 0 Å². The van der Waals surface area contributed by atoms with Crippen LogP contribution < -0.4 is 219 Å². The summed E-state index contributed by atoms with van der Waals surface area (Å²) in [7, 11) is -5.39. The molecule has 0 aliphatic heterocycles. The molecule has 0 fully saturated rings. The molecule has 0 spiro atoms. The van der Waals surface area contributed by atoms with Crippen LogP contribution in [0.25, 0.3) is 0 Å². The zero-order valence-corrected chi connectivity index (χ0v) is 24.8. The van der Waals surface area contributed by atoms with Crippen molar-refractivity contribution < 1.29 is 244 Å². The fourth-order valence-corrected chi connectivity index (χ4v) is 0. The quantitative estimate of drug-likeness (QED) is 0.326. The zero-order valence-electron chi connectivity index (χ0n) is 10.7. The normalized spacial score (nSPS) is 4.88. The Bertz CT molecular complexity index is 129. The Balaban J connectivity index is -0.00000000494. The van der Waals surface area contributed by atoms with Crippen LogP contribution in [0.3, 0.4) is 0 Å². The molecule has 0 heterocycles. The molecule has 17 heavy (non-hydrogen) atoms. The van der Waals surface area contributed by atoms with E-state index in [-0.39, 0.29) is 210 Å². The predicted octanol–water partition coefficient (Wildman–Crippen LogP) is -22.3. The molecule has 0 saturated heterocycles. The molecule has 0 aromatic carbocycles. The van der Waals surface area contributed by atoms with Crippen LogP contribution in [0.2, 0.25) is 0 Å². The van der Waals surface area contributed by atoms with Crippen molar-refractivity contribution in [2.24, 2.45) is 0 Å². The number of hydrogen-bond acceptors (Lipinski definition) is 8. The van der Waals surface area contributed by atoms with Gasteiger partial charge in [0.05, 0.1) is 0 Å². The average Bonchev–Trinajstić information content (AvgIpc) is 1.19. The molecule has 3 N–H and O–H groups in total. The first-order chi connectivity index (χ1) is 3.73. The summed E-state index contributed by atoms with van der Waals surface area (Å²) in [6.07, 6.45) is -2.08. The Morgan fingerprint density at radius 2 is 0.882 bits per heavy atom. The summed E-state index contributed by atoms with van der Waals surface area (Å²) >= 11 is 0. The van der Waals surface area contributed by atoms with Crippen molar-refractivity contribution in [3.63, 3.8) is 0 Å². The molecule has 0 radical (unpaired) electrons. The van der Waals surface area contributed by atoms with Crippen LogP contribution >= 0.6 is 7.82 Å². The molecular formula is CH3KNa5O9P. The molecule has 0 amide bonds. The van der Waals surface area contributed by atoms with Crippen molar-refractivity contribution in [2.45, 2.75) is 0 Å². The molecule has 0 rings (SSSR count). The van der Waals surface area contributed by atoms with Gasteiger partial charge in [-0.3, -0.25) is 0 Å². The molecule has 0 saturated carbocycles. The van der Waals surface area contributed by atoms with Gasteiger partial charge in [0.1, 0.15) is 0 Å². The van der Waals surface area contributed by atoms with Gasteiger partial charge in [0.15, 0.2) is 0 Å². The van der Waals surface area contributed by atoms with Gasteiger partial charge in [-0.2, -0.15) is 7.82 Å². The Labute approximate surface area is 251 Å². The number of carboxylic acid groups (broad SMARTS) is 2. The summed E-state index contributed by atoms with van der Waals surface area (Å²) in [5, 5.41) is 15.3. The van der Waals surface area contributed by atoms with E-state index in [1.807, 2.05) is 0 Å². The van der Waals surface area contributed by atoms with E-state index < -0.39 is 14.0 Å². The van der Waals surface area contributed by atoms with E-state index in [0.717, 1.165) is 0 Å². The van der Waals surface area contributed by atoms with Gasteiger partial charge in [0.25, 0.3) is 0 Å². The van der Waals surface area contributed by atoms with Gasteiger partial charge in [-0.15, -0.1) is 0 Å². The molecular weight excluding hydrogens is 341 g/mol. The molecule has 0 aromatic heterocycles. The first kappa shape index (κ1) is 66.0. The SMILES string of the molecule is O=C([O-])O.O=P([O-])([O-])[O-].[K+].[Na+].[Na+].[Na+].[Na+].[Na+].[OH-].[OH-]. The van der Waals surface area contributed by atoms with E-state index in [1.54, 1.807) is 0 Å². The van der Waals surface area contributed by atoms with Crippen molar-refractivity contribution in [1.82, 2.24) is 0 Å². The van der Waals surface area contributed by atoms with Gasteiger partial charge >= 0.3 is 199 Å². The van der Waals surface area contributed by atoms with Crippen LogP contribution in [-0.2, 0) is 4.57 Å². The summed E-state index contributed by atoms with van der Waals surface area (Å²) in [4.78, 5) is 34.1. The Morgan fingerprint density at radius 1 is 0.882 bits per heavy atom. The Hall–Kier alpha value is 5.94. The molecule has 72 valence electrons. The van der Waals surface area contributed by atoms with E-state index in [1.165, 1.54) is 0 Å². The largest absolute Gasteiger partial charge is 1.00 e. The number of phosphoric acid groups is 1. The minimum atomic E-state index is -5.39. The van der Waals surface area contributed by atoms with Crippen molar-refractivity contribution in [3.8, 4) is 0 Å². The fourth-order valence-electron chi connectivity index (χ4n) is 0. The minimum Gasteiger partial charge on any atom is -0.870 e. The van der Waals surface area contributed by atoms with Crippen LogP contribution in [0.4, 0.5) is 4.79 Å². The van der Waals surface area contributed by atoms with Crippen LogP contribution in [0.5, 0.6) is 0 Å². The molecule has 0 atom stereocenters. The van der Waals surface area contributed by atoms with Crippen molar-refractivity contribution in [2.75, 3.05) is 0 Å². The summed E-state index contributed by atoms with van der Waals surface area (Å²) in [6.45, 7) is 0. The molecule has 16 heteroatoms. The summed E-state index contributed by atoms with van der Waals surface area (Å²) in [5.74, 6) is 0. The van der Waals surface area contributed by atoms with E-state index in [0.29, 0.717) is 0 Å². The second-order valence-electron chi connectivity index (χ2n) is 0.713. The number of hydrogen-bond donors (Lipinski definition) is 1. The van der Waals surface area contributed by atoms with Crippen LogP contribution in [0.1, 0.15) is 0 Å². The minimum absolute atomic E-state index is 0. The molecule has 0 aliphatic carbocycles. The first-order valence-electron chi connectivity index (χ1n) is 1.36. The molecule has 0 aromatic rings. The Morgan fingerprint density at radius 3 is 0.882 bits per heavy atom. The van der Waals surface area contributed by atoms with Gasteiger partial charge < -0.3 is 45.2 Å². The number of carbonyl (C=O) groups is 1. The van der Waals surface area contributed by atoms with E-state index in [9.17, 15) is 0 Å². The van der Waals surface area contributed by atoms with Gasteiger partial charge in [0.2, 0.25) is 6.16 Å². The standard InChI is InChI=1S/CH2O3.K.5Na.H3O4P.2H2O/c2-1(3)4;;;;;;;1-5(2,3)4;;/h(H2,2,3,4);;;;;;;(H3,1,2,3,4);2*1H2/q;6*+1;;;/p-6. The predicted molar refractivity (Wildman–Crippen MR) is 19.5 cm³/mol. The maximum Gasteiger partial charge on any atom is 1.00 e. The van der Waals surface area contributed by atoms with Gasteiger partial charge in [-0.25, -0.2) is 0 Å². The third kappa shape index (κ3) is 247. The van der Waals surface area contributed by atoms with Crippen molar-refractivity contribution >= 4 is 14.0 Å². The van der Waals surface area contributed by atoms with E-state index in [2.05, 4.69) is 0 Å². The zero-order chi connectivity index (χ0) is 8.08. The third-order valence-electron chi connectivity index (χ3n) is 0. The first-order valence-corrected chi connectivity index (χ1v) is 2.82. The fraction of sp³-hybridized carbons (Fsp3) is 0. The maximum atomic E-state index is 8.55. The Kier molecular flexibility index (Phi) is 167. The van der Waals surface area contributed by atoms with E-state index >= 15 is 0 Å². The molecule has 0 unspecified atom stereocenters. The average molecular weight is 344 g/mol. The summed E-state index contributed by atoms with van der Waals surface area (Å²) in [5.41, 5.74) is 0. The molecule has 0 aliphatic rings. The molecule has 9 nitrogen and oxygen atoms in total. The third-order valence-corrected chi connectivity index (χ3v) is 0. The van der Waals surface area contributed by atoms with Crippen molar-refractivity contribution in [3.05, 3.63) is 0 Å². The van der Waals surface area contributed by atoms with E-state index in [4.69, 9.17) is 34.3 Å². The monoisotopic (exact) mass is 344 g/mol.